The molecule has 1 amide bonds. The molecule has 0 aromatic rings. The average Bonchev–Trinajstić information content (AvgIpc) is 2.33. The van der Waals surface area contributed by atoms with Gasteiger partial charge in [0.25, 0.3) is 0 Å². The molecule has 108 valence electrons. The van der Waals surface area contributed by atoms with E-state index >= 15 is 0 Å². The van der Waals surface area contributed by atoms with Gasteiger partial charge in [0, 0.05) is 13.0 Å². The van der Waals surface area contributed by atoms with Gasteiger partial charge < -0.3 is 10.2 Å². The van der Waals surface area contributed by atoms with Crippen molar-refractivity contribution < 1.29 is 4.79 Å². The lowest BCUT2D eigenvalue weighted by Gasteiger charge is -2.09. The topological polar surface area (TPSA) is 32.3 Å². The number of nitrogens with zero attached hydrogens (tertiary/aromatic N) is 1. The Morgan fingerprint density at radius 2 is 1.56 bits per heavy atom. The van der Waals surface area contributed by atoms with Gasteiger partial charge in [-0.15, -0.1) is 0 Å². The summed E-state index contributed by atoms with van der Waals surface area (Å²) in [6.07, 6.45) is 10.6. The van der Waals surface area contributed by atoms with Crippen molar-refractivity contribution in [1.82, 2.24) is 10.2 Å². The lowest BCUT2D eigenvalue weighted by Crippen LogP contribution is -2.26. The second-order valence-corrected chi connectivity index (χ2v) is 5.38. The fourth-order valence-electron chi connectivity index (χ4n) is 1.95. The van der Waals surface area contributed by atoms with Crippen molar-refractivity contribution in [3.05, 3.63) is 0 Å². The van der Waals surface area contributed by atoms with E-state index in [-0.39, 0.29) is 5.91 Å². The van der Waals surface area contributed by atoms with Gasteiger partial charge in [0.1, 0.15) is 0 Å². The molecule has 1 N–H and O–H groups in total. The van der Waals surface area contributed by atoms with Gasteiger partial charge in [-0.25, -0.2) is 0 Å². The molecule has 0 saturated heterocycles. The molecule has 0 aromatic heterocycles. The maximum atomic E-state index is 11.5. The zero-order chi connectivity index (χ0) is 13.6. The van der Waals surface area contributed by atoms with E-state index in [4.69, 9.17) is 0 Å². The molecule has 0 aliphatic rings. The van der Waals surface area contributed by atoms with E-state index in [1.165, 1.54) is 38.5 Å². The minimum absolute atomic E-state index is 0.224. The number of hydrogen-bond acceptors (Lipinski definition) is 2. The normalized spacial score (nSPS) is 10.9. The molecule has 18 heavy (non-hydrogen) atoms. The smallest absolute Gasteiger partial charge is 0.219 e. The van der Waals surface area contributed by atoms with Crippen LogP contribution >= 0.6 is 0 Å². The first kappa shape index (κ1) is 17.4. The van der Waals surface area contributed by atoms with Crippen LogP contribution in [0.25, 0.3) is 0 Å². The Labute approximate surface area is 113 Å². The fourth-order valence-corrected chi connectivity index (χ4v) is 1.95. The van der Waals surface area contributed by atoms with E-state index in [0.717, 1.165) is 25.9 Å². The molecule has 0 aromatic carbocycles. The number of carbonyl (C=O) groups is 1. The number of amides is 1. The molecule has 3 nitrogen and oxygen atoms in total. The molecule has 0 bridgehead atoms. The molecule has 0 radical (unpaired) electrons. The summed E-state index contributed by atoms with van der Waals surface area (Å²) in [4.78, 5) is 13.6. The SMILES string of the molecule is CCCCCCCCCC(=O)NCCCN(C)C. The van der Waals surface area contributed by atoms with E-state index in [2.05, 4.69) is 31.2 Å². The first-order chi connectivity index (χ1) is 8.66. The van der Waals surface area contributed by atoms with Crippen LogP contribution in [0, 0.1) is 0 Å². The molecule has 0 aliphatic carbocycles. The quantitative estimate of drug-likeness (QED) is 0.544. The Bertz CT molecular complexity index is 193. The number of nitrogens with one attached hydrogen (secondary N) is 1. The number of rotatable bonds is 12. The molecule has 0 unspecified atom stereocenters. The molecular weight excluding hydrogens is 224 g/mol. The van der Waals surface area contributed by atoms with Gasteiger partial charge in [-0.1, -0.05) is 45.4 Å². The molecule has 0 saturated carbocycles. The number of hydrogen-bond donors (Lipinski definition) is 1. The third-order valence-electron chi connectivity index (χ3n) is 3.11. The Balaban J connectivity index is 3.17. The van der Waals surface area contributed by atoms with Crippen molar-refractivity contribution in [2.24, 2.45) is 0 Å². The zero-order valence-corrected chi connectivity index (χ0v) is 12.6. The zero-order valence-electron chi connectivity index (χ0n) is 12.6. The standard InChI is InChI=1S/C15H32N2O/c1-4-5-6-7-8-9-10-12-15(18)16-13-11-14-17(2)3/h4-14H2,1-3H3,(H,16,18). The Hall–Kier alpha value is -0.570. The van der Waals surface area contributed by atoms with Crippen molar-refractivity contribution in [1.29, 1.82) is 0 Å². The van der Waals surface area contributed by atoms with E-state index < -0.39 is 0 Å². The van der Waals surface area contributed by atoms with Crippen LogP contribution in [0.5, 0.6) is 0 Å². The molecule has 0 rings (SSSR count). The fraction of sp³-hybridized carbons (Fsp3) is 0.933. The van der Waals surface area contributed by atoms with Gasteiger partial charge in [-0.05, 0) is 33.5 Å². The Kier molecular flexibility index (Phi) is 12.5. The maximum Gasteiger partial charge on any atom is 0.219 e. The molecule has 3 heteroatoms. The van der Waals surface area contributed by atoms with Crippen LogP contribution in [0.4, 0.5) is 0 Å². The van der Waals surface area contributed by atoms with Gasteiger partial charge in [0.15, 0.2) is 0 Å². The predicted molar refractivity (Wildman–Crippen MR) is 78.8 cm³/mol. The summed E-state index contributed by atoms with van der Waals surface area (Å²) in [6, 6.07) is 0. The summed E-state index contributed by atoms with van der Waals surface area (Å²) in [5, 5.41) is 2.98. The first-order valence-electron chi connectivity index (χ1n) is 7.58. The summed E-state index contributed by atoms with van der Waals surface area (Å²) in [5.74, 6) is 0.224. The van der Waals surface area contributed by atoms with Crippen molar-refractivity contribution >= 4 is 5.91 Å². The highest BCUT2D eigenvalue weighted by Crippen LogP contribution is 2.08. The number of carbonyl (C=O) groups excluding carboxylic acids is 1. The van der Waals surface area contributed by atoms with Gasteiger partial charge in [-0.3, -0.25) is 4.79 Å². The van der Waals surface area contributed by atoms with E-state index in [1.807, 2.05) is 0 Å². The number of unbranched alkanes of at least 4 members (excludes halogenated alkanes) is 6. The summed E-state index contributed by atoms with van der Waals surface area (Å²) in [6.45, 7) is 4.09. The van der Waals surface area contributed by atoms with Crippen molar-refractivity contribution in [3.8, 4) is 0 Å². The second kappa shape index (κ2) is 12.9. The van der Waals surface area contributed by atoms with Crippen LogP contribution in [0.15, 0.2) is 0 Å². The van der Waals surface area contributed by atoms with Crippen molar-refractivity contribution in [2.75, 3.05) is 27.2 Å². The highest BCUT2D eigenvalue weighted by atomic mass is 16.1. The lowest BCUT2D eigenvalue weighted by atomic mass is 10.1. The van der Waals surface area contributed by atoms with Crippen molar-refractivity contribution in [3.63, 3.8) is 0 Å². The molecular formula is C15H32N2O. The highest BCUT2D eigenvalue weighted by molar-refractivity contribution is 5.75. The molecule has 0 heterocycles. The third kappa shape index (κ3) is 13.5. The summed E-state index contributed by atoms with van der Waals surface area (Å²) in [5.41, 5.74) is 0. The second-order valence-electron chi connectivity index (χ2n) is 5.38. The van der Waals surface area contributed by atoms with Gasteiger partial charge in [0.2, 0.25) is 5.91 Å². The summed E-state index contributed by atoms with van der Waals surface area (Å²) < 4.78 is 0. The Morgan fingerprint density at radius 1 is 0.944 bits per heavy atom. The van der Waals surface area contributed by atoms with Crippen LogP contribution in [0.1, 0.15) is 64.7 Å². The molecule has 0 spiro atoms. The van der Waals surface area contributed by atoms with Gasteiger partial charge >= 0.3 is 0 Å². The maximum absolute atomic E-state index is 11.5. The van der Waals surface area contributed by atoms with Gasteiger partial charge in [0.05, 0.1) is 0 Å². The molecule has 0 atom stereocenters. The average molecular weight is 256 g/mol. The monoisotopic (exact) mass is 256 g/mol. The lowest BCUT2D eigenvalue weighted by molar-refractivity contribution is -0.121. The van der Waals surface area contributed by atoms with Gasteiger partial charge in [-0.2, -0.15) is 0 Å². The molecule has 0 aliphatic heterocycles. The largest absolute Gasteiger partial charge is 0.356 e. The highest BCUT2D eigenvalue weighted by Gasteiger charge is 2.00. The predicted octanol–water partition coefficient (Wildman–Crippen LogP) is 3.20. The van der Waals surface area contributed by atoms with Crippen LogP contribution in [-0.4, -0.2) is 38.0 Å². The van der Waals surface area contributed by atoms with E-state index in [1.54, 1.807) is 0 Å². The van der Waals surface area contributed by atoms with E-state index in [0.29, 0.717) is 6.42 Å². The van der Waals surface area contributed by atoms with Crippen LogP contribution in [0.3, 0.4) is 0 Å². The summed E-state index contributed by atoms with van der Waals surface area (Å²) in [7, 11) is 4.11. The molecule has 0 fully saturated rings. The first-order valence-corrected chi connectivity index (χ1v) is 7.58. The third-order valence-corrected chi connectivity index (χ3v) is 3.11. The van der Waals surface area contributed by atoms with Crippen LogP contribution < -0.4 is 5.32 Å². The van der Waals surface area contributed by atoms with Crippen LogP contribution in [0.2, 0.25) is 0 Å². The minimum Gasteiger partial charge on any atom is -0.356 e. The summed E-state index contributed by atoms with van der Waals surface area (Å²) >= 11 is 0. The Morgan fingerprint density at radius 3 is 2.17 bits per heavy atom. The minimum atomic E-state index is 0.224. The van der Waals surface area contributed by atoms with Crippen molar-refractivity contribution in [2.45, 2.75) is 64.7 Å². The van der Waals surface area contributed by atoms with Crippen LogP contribution in [-0.2, 0) is 4.79 Å². The van der Waals surface area contributed by atoms with E-state index in [9.17, 15) is 4.79 Å².